The number of hydrogen-bond acceptors (Lipinski definition) is 0. The number of nitrogens with zero attached hydrogens (tertiary/aromatic N) is 1. The maximum absolute atomic E-state index is 5.83. The topological polar surface area (TPSA) is 4.36 Å². The van der Waals surface area contributed by atoms with Gasteiger partial charge in [0.1, 0.15) is 0 Å². The SMILES string of the molecule is [Au+].[C-]#[N+]C.[c-]1ccccc1. The Morgan fingerprint density at radius 1 is 1.20 bits per heavy atom. The third-order valence-electron chi connectivity index (χ3n) is 0.607. The van der Waals surface area contributed by atoms with Gasteiger partial charge in [-0.25, -0.2) is 6.57 Å². The number of rotatable bonds is 0. The molecule has 0 bridgehead atoms. The summed E-state index contributed by atoms with van der Waals surface area (Å²) < 4.78 is 0. The summed E-state index contributed by atoms with van der Waals surface area (Å²) >= 11 is 0. The molecule has 0 fully saturated rings. The summed E-state index contributed by atoms with van der Waals surface area (Å²) in [5, 5.41) is 0. The molecule has 1 aromatic rings. The zero-order chi connectivity index (χ0) is 6.95. The monoisotopic (exact) mass is 315 g/mol. The summed E-state index contributed by atoms with van der Waals surface area (Å²) in [6.45, 7) is 5.83. The van der Waals surface area contributed by atoms with E-state index in [1.54, 1.807) is 0 Å². The minimum absolute atomic E-state index is 0. The molecule has 0 aromatic heterocycles. The van der Waals surface area contributed by atoms with E-state index in [-0.39, 0.29) is 22.4 Å². The van der Waals surface area contributed by atoms with Crippen molar-refractivity contribution in [2.24, 2.45) is 0 Å². The Morgan fingerprint density at radius 2 is 1.60 bits per heavy atom. The Labute approximate surface area is 77.4 Å². The minimum Gasteiger partial charge on any atom is -0.320 e. The molecule has 0 atom stereocenters. The molecule has 10 heavy (non-hydrogen) atoms. The normalized spacial score (nSPS) is 5.60. The first-order valence-electron chi connectivity index (χ1n) is 2.58. The molecule has 0 aliphatic heterocycles. The van der Waals surface area contributed by atoms with Crippen LogP contribution in [0.5, 0.6) is 0 Å². The molecular weight excluding hydrogens is 307 g/mol. The molecule has 1 nitrogen and oxygen atoms in total. The second kappa shape index (κ2) is 11.3. The van der Waals surface area contributed by atoms with E-state index in [0.29, 0.717) is 0 Å². The summed E-state index contributed by atoms with van der Waals surface area (Å²) in [5.41, 5.74) is 0. The van der Waals surface area contributed by atoms with Gasteiger partial charge >= 0.3 is 22.4 Å². The third kappa shape index (κ3) is 10.4. The Balaban J connectivity index is 0. The smallest absolute Gasteiger partial charge is 0.320 e. The fourth-order valence-corrected chi connectivity index (χ4v) is 0.342. The van der Waals surface area contributed by atoms with Crippen molar-refractivity contribution in [2.75, 3.05) is 7.05 Å². The van der Waals surface area contributed by atoms with Crippen LogP contribution in [-0.2, 0) is 22.4 Å². The van der Waals surface area contributed by atoms with Crippen LogP contribution in [0.1, 0.15) is 0 Å². The second-order valence-electron chi connectivity index (χ2n) is 1.30. The Bertz CT molecular complexity index is 140. The minimum atomic E-state index is 0. The molecule has 56 valence electrons. The third-order valence-corrected chi connectivity index (χ3v) is 0.607. The standard InChI is InChI=1S/C6H5.C2H3N.Au/c1-2-4-6-5-3-1;1-3-2;/h1-5H;1H3;/q-1;;+1. The average Bonchev–Trinajstić information content (AvgIpc) is 1.93. The molecule has 0 radical (unpaired) electrons. The van der Waals surface area contributed by atoms with E-state index in [9.17, 15) is 0 Å². The van der Waals surface area contributed by atoms with Crippen molar-refractivity contribution in [1.82, 2.24) is 0 Å². The van der Waals surface area contributed by atoms with Gasteiger partial charge in [0.15, 0.2) is 0 Å². The van der Waals surface area contributed by atoms with Crippen molar-refractivity contribution < 1.29 is 22.4 Å². The summed E-state index contributed by atoms with van der Waals surface area (Å²) in [4.78, 5) is 2.75. The van der Waals surface area contributed by atoms with Gasteiger partial charge in [0.05, 0.1) is 0 Å². The first-order chi connectivity index (χ1) is 4.41. The van der Waals surface area contributed by atoms with Crippen molar-refractivity contribution in [2.45, 2.75) is 0 Å². The molecule has 0 unspecified atom stereocenters. The Hall–Kier alpha value is -0.550. The van der Waals surface area contributed by atoms with Gasteiger partial charge in [-0.15, -0.1) is 0 Å². The average molecular weight is 315 g/mol. The molecule has 0 aliphatic carbocycles. The molecular formula is C8H8AuN. The van der Waals surface area contributed by atoms with E-state index >= 15 is 0 Å². The predicted molar refractivity (Wildman–Crippen MR) is 37.8 cm³/mol. The van der Waals surface area contributed by atoms with Crippen LogP contribution in [0.15, 0.2) is 30.3 Å². The van der Waals surface area contributed by atoms with Gasteiger partial charge in [0.2, 0.25) is 7.05 Å². The van der Waals surface area contributed by atoms with Crippen LogP contribution < -0.4 is 0 Å². The molecule has 0 heterocycles. The number of hydrogen-bond donors (Lipinski definition) is 0. The zero-order valence-electron chi connectivity index (χ0n) is 5.64. The van der Waals surface area contributed by atoms with Crippen molar-refractivity contribution in [3.05, 3.63) is 47.8 Å². The van der Waals surface area contributed by atoms with E-state index in [0.717, 1.165) is 0 Å². The van der Waals surface area contributed by atoms with Crippen LogP contribution >= 0.6 is 0 Å². The van der Waals surface area contributed by atoms with E-state index in [1.807, 2.05) is 30.3 Å². The fourth-order valence-electron chi connectivity index (χ4n) is 0.342. The van der Waals surface area contributed by atoms with Crippen molar-refractivity contribution in [3.63, 3.8) is 0 Å². The summed E-state index contributed by atoms with van der Waals surface area (Å²) in [6.07, 6.45) is 0. The largest absolute Gasteiger partial charge is 1.00 e. The zero-order valence-corrected chi connectivity index (χ0v) is 7.80. The van der Waals surface area contributed by atoms with Crippen LogP contribution in [0, 0.1) is 12.6 Å². The van der Waals surface area contributed by atoms with E-state index < -0.39 is 0 Å². The van der Waals surface area contributed by atoms with Gasteiger partial charge in [0.25, 0.3) is 0 Å². The fraction of sp³-hybridized carbons (Fsp3) is 0.125. The molecule has 0 N–H and O–H groups in total. The van der Waals surface area contributed by atoms with Crippen LogP contribution in [0.25, 0.3) is 4.85 Å². The van der Waals surface area contributed by atoms with Crippen LogP contribution in [-0.4, -0.2) is 7.05 Å². The number of benzene rings is 1. The molecule has 0 aliphatic rings. The van der Waals surface area contributed by atoms with E-state index in [1.165, 1.54) is 7.05 Å². The quantitative estimate of drug-likeness (QED) is 0.510. The molecule has 1 aromatic carbocycles. The van der Waals surface area contributed by atoms with Gasteiger partial charge in [0, 0.05) is 0 Å². The second-order valence-corrected chi connectivity index (χ2v) is 1.30. The molecule has 2 heteroatoms. The molecule has 0 saturated carbocycles. The van der Waals surface area contributed by atoms with Gasteiger partial charge in [-0.1, -0.05) is 0 Å². The Kier molecular flexibility index (Phi) is 13.7. The summed E-state index contributed by atoms with van der Waals surface area (Å²) in [5.74, 6) is 0. The first kappa shape index (κ1) is 12.2. The van der Waals surface area contributed by atoms with Crippen LogP contribution in [0.2, 0.25) is 0 Å². The van der Waals surface area contributed by atoms with Gasteiger partial charge < -0.3 is 4.85 Å². The van der Waals surface area contributed by atoms with Crippen molar-refractivity contribution >= 4 is 0 Å². The first-order valence-corrected chi connectivity index (χ1v) is 2.58. The molecule has 0 amide bonds. The molecule has 0 saturated heterocycles. The molecule has 1 rings (SSSR count). The molecule has 0 spiro atoms. The summed E-state index contributed by atoms with van der Waals surface area (Å²) in [6, 6.07) is 12.5. The van der Waals surface area contributed by atoms with Gasteiger partial charge in [-0.3, -0.25) is 0 Å². The predicted octanol–water partition coefficient (Wildman–Crippen LogP) is 2.02. The van der Waals surface area contributed by atoms with E-state index in [4.69, 9.17) is 6.57 Å². The van der Waals surface area contributed by atoms with Gasteiger partial charge in [-0.2, -0.15) is 36.4 Å². The van der Waals surface area contributed by atoms with Crippen LogP contribution in [0.4, 0.5) is 0 Å². The van der Waals surface area contributed by atoms with Crippen molar-refractivity contribution in [1.29, 1.82) is 0 Å². The van der Waals surface area contributed by atoms with Crippen molar-refractivity contribution in [3.8, 4) is 0 Å². The van der Waals surface area contributed by atoms with Gasteiger partial charge in [-0.05, 0) is 0 Å². The van der Waals surface area contributed by atoms with E-state index in [2.05, 4.69) is 10.9 Å². The van der Waals surface area contributed by atoms with Crippen LogP contribution in [0.3, 0.4) is 0 Å². The summed E-state index contributed by atoms with van der Waals surface area (Å²) in [7, 11) is 1.42. The maximum Gasteiger partial charge on any atom is 1.00 e. The maximum atomic E-state index is 5.83. The Morgan fingerprint density at radius 3 is 1.70 bits per heavy atom.